The SMILES string of the molecule is C=C(N)c1ccc(-c2nnc(SCCCN3CC4CCN(c5c(F)cccc5F)C4C3)n2C)cn1. The van der Waals surface area contributed by atoms with E-state index in [0.717, 1.165) is 54.8 Å². The van der Waals surface area contributed by atoms with Gasteiger partial charge in [-0.2, -0.15) is 0 Å². The van der Waals surface area contributed by atoms with E-state index in [1.807, 2.05) is 28.6 Å². The van der Waals surface area contributed by atoms with Crippen molar-refractivity contribution in [3.05, 3.63) is 60.4 Å². The van der Waals surface area contributed by atoms with Crippen molar-refractivity contribution in [2.45, 2.75) is 24.0 Å². The van der Waals surface area contributed by atoms with E-state index >= 15 is 0 Å². The minimum Gasteiger partial charge on any atom is -0.397 e. The maximum absolute atomic E-state index is 14.3. The molecule has 2 atom stereocenters. The van der Waals surface area contributed by atoms with Gasteiger partial charge in [-0.25, -0.2) is 8.78 Å². The van der Waals surface area contributed by atoms with Crippen LogP contribution in [0.4, 0.5) is 14.5 Å². The molecule has 4 heterocycles. The molecule has 2 aliphatic rings. The molecular weight excluding hydrogens is 468 g/mol. The molecule has 1 aromatic carbocycles. The van der Waals surface area contributed by atoms with Crippen molar-refractivity contribution in [1.29, 1.82) is 0 Å². The molecule has 2 aliphatic heterocycles. The summed E-state index contributed by atoms with van der Waals surface area (Å²) in [6.07, 6.45) is 3.70. The zero-order valence-corrected chi connectivity index (χ0v) is 20.5. The molecule has 0 bridgehead atoms. The smallest absolute Gasteiger partial charge is 0.191 e. The van der Waals surface area contributed by atoms with Crippen LogP contribution in [0, 0.1) is 17.6 Å². The second kappa shape index (κ2) is 9.94. The molecule has 0 aliphatic carbocycles. The number of para-hydroxylation sites is 1. The zero-order chi connectivity index (χ0) is 24.5. The van der Waals surface area contributed by atoms with E-state index in [-0.39, 0.29) is 11.7 Å². The molecule has 0 spiro atoms. The Kier molecular flexibility index (Phi) is 6.75. The largest absolute Gasteiger partial charge is 0.397 e. The van der Waals surface area contributed by atoms with Crippen molar-refractivity contribution in [2.24, 2.45) is 18.7 Å². The Hall–Kier alpha value is -2.98. The van der Waals surface area contributed by atoms with Gasteiger partial charge in [-0.05, 0) is 49.6 Å². The quantitative estimate of drug-likeness (QED) is 0.375. The van der Waals surface area contributed by atoms with Gasteiger partial charge in [0, 0.05) is 50.2 Å². The number of fused-ring (bicyclic) bond motifs is 1. The molecule has 2 unspecified atom stereocenters. The first-order valence-electron chi connectivity index (χ1n) is 11.8. The van der Waals surface area contributed by atoms with E-state index in [4.69, 9.17) is 5.73 Å². The van der Waals surface area contributed by atoms with E-state index in [1.54, 1.807) is 18.0 Å². The number of nitrogens with zero attached hydrogens (tertiary/aromatic N) is 6. The first kappa shape index (κ1) is 23.7. The minimum atomic E-state index is -0.472. The molecule has 2 aromatic heterocycles. The van der Waals surface area contributed by atoms with Crippen molar-refractivity contribution >= 4 is 23.1 Å². The summed E-state index contributed by atoms with van der Waals surface area (Å²) in [7, 11) is 1.95. The molecule has 35 heavy (non-hydrogen) atoms. The molecule has 7 nitrogen and oxygen atoms in total. The third-order valence-corrected chi connectivity index (χ3v) is 7.99. The maximum Gasteiger partial charge on any atom is 0.191 e. The molecule has 2 fully saturated rings. The topological polar surface area (TPSA) is 76.1 Å². The van der Waals surface area contributed by atoms with Crippen LogP contribution in [-0.4, -0.2) is 62.6 Å². The molecule has 0 saturated carbocycles. The Morgan fingerprint density at radius 2 is 1.97 bits per heavy atom. The van der Waals surface area contributed by atoms with Gasteiger partial charge in [-0.1, -0.05) is 24.4 Å². The molecule has 0 amide bonds. The van der Waals surface area contributed by atoms with Gasteiger partial charge in [-0.3, -0.25) is 4.98 Å². The van der Waals surface area contributed by atoms with Gasteiger partial charge in [0.25, 0.3) is 0 Å². The van der Waals surface area contributed by atoms with Crippen LogP contribution in [0.2, 0.25) is 0 Å². The monoisotopic (exact) mass is 497 g/mol. The van der Waals surface area contributed by atoms with Crippen molar-refractivity contribution in [1.82, 2.24) is 24.6 Å². The third-order valence-electron chi connectivity index (χ3n) is 6.88. The number of likely N-dealkylation sites (tertiary alicyclic amines) is 1. The molecular formula is C25H29F2N7S. The predicted molar refractivity (Wildman–Crippen MR) is 135 cm³/mol. The highest BCUT2D eigenvalue weighted by molar-refractivity contribution is 7.99. The summed E-state index contributed by atoms with van der Waals surface area (Å²) in [4.78, 5) is 8.68. The molecule has 5 rings (SSSR count). The van der Waals surface area contributed by atoms with Gasteiger partial charge in [0.2, 0.25) is 0 Å². The number of halogens is 2. The fourth-order valence-electron chi connectivity index (χ4n) is 5.13. The van der Waals surface area contributed by atoms with Gasteiger partial charge in [-0.15, -0.1) is 10.2 Å². The third kappa shape index (κ3) is 4.77. The summed E-state index contributed by atoms with van der Waals surface area (Å²) in [5.74, 6) is 1.18. The molecule has 0 radical (unpaired) electrons. The van der Waals surface area contributed by atoms with Crippen LogP contribution in [0.1, 0.15) is 18.5 Å². The van der Waals surface area contributed by atoms with Gasteiger partial charge in [0.1, 0.15) is 17.3 Å². The van der Waals surface area contributed by atoms with E-state index in [0.29, 0.717) is 23.9 Å². The summed E-state index contributed by atoms with van der Waals surface area (Å²) >= 11 is 1.68. The fraction of sp³-hybridized carbons (Fsp3) is 0.400. The van der Waals surface area contributed by atoms with E-state index in [9.17, 15) is 8.78 Å². The molecule has 2 N–H and O–H groups in total. The average Bonchev–Trinajstić information content (AvgIpc) is 3.52. The minimum absolute atomic E-state index is 0.133. The van der Waals surface area contributed by atoms with Gasteiger partial charge >= 0.3 is 0 Å². The van der Waals surface area contributed by atoms with Crippen LogP contribution < -0.4 is 10.6 Å². The van der Waals surface area contributed by atoms with Gasteiger partial charge in [0.05, 0.1) is 11.4 Å². The maximum atomic E-state index is 14.3. The molecule has 10 heteroatoms. The summed E-state index contributed by atoms with van der Waals surface area (Å²) in [6, 6.07) is 8.02. The zero-order valence-electron chi connectivity index (χ0n) is 19.7. The van der Waals surface area contributed by atoms with E-state index < -0.39 is 11.6 Å². The predicted octanol–water partition coefficient (Wildman–Crippen LogP) is 3.78. The summed E-state index contributed by atoms with van der Waals surface area (Å²) in [5, 5.41) is 9.52. The number of aromatic nitrogens is 4. The number of thioether (sulfide) groups is 1. The first-order valence-corrected chi connectivity index (χ1v) is 12.8. The normalized spacial score (nSPS) is 19.9. The number of hydrogen-bond donors (Lipinski definition) is 1. The first-order chi connectivity index (χ1) is 16.9. The Morgan fingerprint density at radius 3 is 2.69 bits per heavy atom. The molecule has 184 valence electrons. The van der Waals surface area contributed by atoms with Crippen LogP contribution in [-0.2, 0) is 7.05 Å². The number of pyridine rings is 1. The number of nitrogens with two attached hydrogens (primary N) is 1. The Morgan fingerprint density at radius 1 is 1.17 bits per heavy atom. The summed E-state index contributed by atoms with van der Waals surface area (Å²) in [6.45, 7) is 7.19. The molecule has 2 saturated heterocycles. The lowest BCUT2D eigenvalue weighted by Gasteiger charge is -2.27. The Labute approximate surface area is 208 Å². The second-order valence-corrected chi connectivity index (χ2v) is 10.2. The number of benzene rings is 1. The van der Waals surface area contributed by atoms with Crippen LogP contribution in [0.3, 0.4) is 0 Å². The van der Waals surface area contributed by atoms with Gasteiger partial charge < -0.3 is 20.1 Å². The lowest BCUT2D eigenvalue weighted by atomic mass is 10.0. The Balaban J connectivity index is 1.13. The van der Waals surface area contributed by atoms with Crippen LogP contribution >= 0.6 is 11.8 Å². The van der Waals surface area contributed by atoms with Crippen molar-refractivity contribution in [3.63, 3.8) is 0 Å². The standard InChI is InChI=1S/C25H29F2N7S/c1-16(28)21-8-7-17(13-29-21)24-30-31-25(32(24)2)35-12-4-10-33-14-18-9-11-34(22(18)15-33)23-19(26)5-3-6-20(23)27/h3,5-8,13,18,22H,1,4,9-12,14-15,28H2,2H3. The summed E-state index contributed by atoms with van der Waals surface area (Å²) in [5.41, 5.74) is 7.78. The highest BCUT2D eigenvalue weighted by Gasteiger charge is 2.42. The highest BCUT2D eigenvalue weighted by Crippen LogP contribution is 2.37. The van der Waals surface area contributed by atoms with Crippen molar-refractivity contribution < 1.29 is 8.78 Å². The van der Waals surface area contributed by atoms with Crippen molar-refractivity contribution in [3.8, 4) is 11.4 Å². The van der Waals surface area contributed by atoms with Crippen LogP contribution in [0.15, 0.2) is 48.3 Å². The highest BCUT2D eigenvalue weighted by atomic mass is 32.2. The number of rotatable bonds is 8. The number of anilines is 1. The van der Waals surface area contributed by atoms with Crippen molar-refractivity contribution in [2.75, 3.05) is 36.8 Å². The molecule has 3 aromatic rings. The lowest BCUT2D eigenvalue weighted by Crippen LogP contribution is -2.36. The van der Waals surface area contributed by atoms with Crippen LogP contribution in [0.25, 0.3) is 17.1 Å². The van der Waals surface area contributed by atoms with E-state index in [2.05, 4.69) is 26.7 Å². The lowest BCUT2D eigenvalue weighted by molar-refractivity contribution is 0.318. The summed E-state index contributed by atoms with van der Waals surface area (Å²) < 4.78 is 30.6. The second-order valence-electron chi connectivity index (χ2n) is 9.16. The van der Waals surface area contributed by atoms with E-state index in [1.165, 1.54) is 18.2 Å². The Bertz CT molecular complexity index is 1190. The van der Waals surface area contributed by atoms with Gasteiger partial charge in [0.15, 0.2) is 11.0 Å². The van der Waals surface area contributed by atoms with Crippen LogP contribution in [0.5, 0.6) is 0 Å². The average molecular weight is 498 g/mol. The number of hydrogen-bond acceptors (Lipinski definition) is 7. The fourth-order valence-corrected chi connectivity index (χ4v) is 5.97.